The van der Waals surface area contributed by atoms with Crippen LogP contribution in [0.5, 0.6) is 0 Å². The molecule has 1 aromatic carbocycles. The van der Waals surface area contributed by atoms with Crippen LogP contribution in [0.15, 0.2) is 22.7 Å². The summed E-state index contributed by atoms with van der Waals surface area (Å²) in [5.74, 6) is -1.00. The van der Waals surface area contributed by atoms with Gasteiger partial charge in [0.15, 0.2) is 0 Å². The predicted molar refractivity (Wildman–Crippen MR) is 74.2 cm³/mol. The van der Waals surface area contributed by atoms with Crippen molar-refractivity contribution < 1.29 is 28.5 Å². The van der Waals surface area contributed by atoms with Gasteiger partial charge in [-0.05, 0) is 28.1 Å². The van der Waals surface area contributed by atoms with Crippen LogP contribution >= 0.6 is 15.9 Å². The smallest absolute Gasteiger partial charge is 0.339 e. The molecule has 2 aliphatic rings. The zero-order chi connectivity index (χ0) is 14.8. The van der Waals surface area contributed by atoms with Gasteiger partial charge in [0.1, 0.15) is 25.4 Å². The van der Waals surface area contributed by atoms with Crippen LogP contribution in [0.1, 0.15) is 20.7 Å². The van der Waals surface area contributed by atoms with E-state index >= 15 is 0 Å². The second-order valence-corrected chi connectivity index (χ2v) is 5.57. The number of carbonyl (C=O) groups excluding carboxylic acids is 2. The summed E-state index contributed by atoms with van der Waals surface area (Å²) in [6, 6.07) is 4.78. The summed E-state index contributed by atoms with van der Waals surface area (Å²) in [4.78, 5) is 23.9. The van der Waals surface area contributed by atoms with Crippen LogP contribution in [0, 0.1) is 0 Å². The lowest BCUT2D eigenvalue weighted by Crippen LogP contribution is -2.14. The van der Waals surface area contributed by atoms with Gasteiger partial charge in [0.25, 0.3) is 0 Å². The molecule has 6 nitrogen and oxygen atoms in total. The molecule has 7 heteroatoms. The molecule has 0 spiro atoms. The molecule has 0 radical (unpaired) electrons. The third-order valence-electron chi connectivity index (χ3n) is 3.04. The first-order valence-corrected chi connectivity index (χ1v) is 7.30. The third-order valence-corrected chi connectivity index (χ3v) is 3.90. The van der Waals surface area contributed by atoms with Gasteiger partial charge in [0, 0.05) is 4.47 Å². The molecular weight excluding hydrogens is 344 g/mol. The number of esters is 2. The molecule has 0 aromatic heterocycles. The number of carbonyl (C=O) groups is 2. The Kier molecular flexibility index (Phi) is 4.23. The van der Waals surface area contributed by atoms with Crippen LogP contribution in [0.3, 0.4) is 0 Å². The van der Waals surface area contributed by atoms with Crippen LogP contribution in [0.25, 0.3) is 0 Å². The summed E-state index contributed by atoms with van der Waals surface area (Å²) in [6.45, 7) is 1.67. The fraction of sp³-hybridized carbons (Fsp3) is 0.429. The highest BCUT2D eigenvalue weighted by Gasteiger charge is 2.27. The van der Waals surface area contributed by atoms with Crippen LogP contribution in [-0.2, 0) is 18.9 Å². The second kappa shape index (κ2) is 6.13. The van der Waals surface area contributed by atoms with E-state index < -0.39 is 11.9 Å². The number of rotatable bonds is 6. The molecule has 2 aliphatic heterocycles. The second-order valence-electron chi connectivity index (χ2n) is 4.77. The first-order valence-electron chi connectivity index (χ1n) is 6.51. The topological polar surface area (TPSA) is 77.7 Å². The summed E-state index contributed by atoms with van der Waals surface area (Å²) >= 11 is 3.26. The van der Waals surface area contributed by atoms with Gasteiger partial charge in [0.05, 0.1) is 24.3 Å². The van der Waals surface area contributed by atoms with Crippen molar-refractivity contribution in [2.75, 3.05) is 26.4 Å². The van der Waals surface area contributed by atoms with Gasteiger partial charge in [-0.3, -0.25) is 0 Å². The predicted octanol–water partition coefficient (Wildman–Crippen LogP) is 1.56. The van der Waals surface area contributed by atoms with Crippen LogP contribution in [0.2, 0.25) is 0 Å². The van der Waals surface area contributed by atoms with E-state index in [-0.39, 0.29) is 36.5 Å². The summed E-state index contributed by atoms with van der Waals surface area (Å²) in [5.41, 5.74) is 0.570. The highest BCUT2D eigenvalue weighted by molar-refractivity contribution is 9.10. The van der Waals surface area contributed by atoms with Crippen molar-refractivity contribution in [1.29, 1.82) is 0 Å². The zero-order valence-corrected chi connectivity index (χ0v) is 12.6. The van der Waals surface area contributed by atoms with Crippen LogP contribution in [0.4, 0.5) is 0 Å². The zero-order valence-electron chi connectivity index (χ0n) is 11.0. The summed E-state index contributed by atoms with van der Waals surface area (Å²) in [5, 5.41) is 0. The lowest BCUT2D eigenvalue weighted by molar-refractivity contribution is 0.0472. The van der Waals surface area contributed by atoms with Crippen molar-refractivity contribution in [3.8, 4) is 0 Å². The molecule has 0 amide bonds. The molecule has 1 aromatic rings. The average Bonchev–Trinajstić information content (AvgIpc) is 3.37. The van der Waals surface area contributed by atoms with Gasteiger partial charge in [-0.25, -0.2) is 9.59 Å². The van der Waals surface area contributed by atoms with Gasteiger partial charge >= 0.3 is 11.9 Å². The minimum absolute atomic E-state index is 0.000541. The van der Waals surface area contributed by atoms with Gasteiger partial charge in [-0.1, -0.05) is 6.07 Å². The number of halogens is 1. The molecule has 0 bridgehead atoms. The molecule has 2 saturated heterocycles. The first kappa shape index (κ1) is 14.5. The van der Waals surface area contributed by atoms with Crippen molar-refractivity contribution in [1.82, 2.24) is 0 Å². The Morgan fingerprint density at radius 2 is 1.48 bits per heavy atom. The first-order chi connectivity index (χ1) is 10.1. The van der Waals surface area contributed by atoms with E-state index in [1.807, 2.05) is 0 Å². The molecular formula is C14H13BrO6. The maximum atomic E-state index is 12.0. The Hall–Kier alpha value is -1.44. The third kappa shape index (κ3) is 3.81. The summed E-state index contributed by atoms with van der Waals surface area (Å²) < 4.78 is 20.5. The van der Waals surface area contributed by atoms with Crippen molar-refractivity contribution in [3.05, 3.63) is 33.8 Å². The van der Waals surface area contributed by atoms with E-state index in [0.717, 1.165) is 0 Å². The van der Waals surface area contributed by atoms with E-state index in [1.54, 1.807) is 18.2 Å². The van der Waals surface area contributed by atoms with Crippen LogP contribution < -0.4 is 0 Å². The van der Waals surface area contributed by atoms with E-state index in [9.17, 15) is 9.59 Å². The number of hydrogen-bond donors (Lipinski definition) is 0. The lowest BCUT2D eigenvalue weighted by atomic mass is 10.1. The fourth-order valence-corrected chi connectivity index (χ4v) is 2.26. The Labute approximate surface area is 129 Å². The quantitative estimate of drug-likeness (QED) is 0.568. The molecule has 0 saturated carbocycles. The van der Waals surface area contributed by atoms with E-state index in [4.69, 9.17) is 18.9 Å². The van der Waals surface area contributed by atoms with E-state index in [1.165, 1.54) is 0 Å². The largest absolute Gasteiger partial charge is 0.459 e. The minimum atomic E-state index is -0.502. The summed E-state index contributed by atoms with van der Waals surface area (Å²) in [7, 11) is 0. The van der Waals surface area contributed by atoms with Crippen LogP contribution in [-0.4, -0.2) is 50.6 Å². The lowest BCUT2D eigenvalue weighted by Gasteiger charge is -2.09. The standard InChI is InChI=1S/C14H13BrO6/c15-12-10(13(16)20-6-8-4-18-8)2-1-3-11(12)14(17)21-7-9-5-19-9/h1-3,8-9H,4-7H2. The minimum Gasteiger partial charge on any atom is -0.459 e. The number of hydrogen-bond acceptors (Lipinski definition) is 6. The van der Waals surface area contributed by atoms with Gasteiger partial charge in [-0.2, -0.15) is 0 Å². The van der Waals surface area contributed by atoms with Crippen molar-refractivity contribution in [2.24, 2.45) is 0 Å². The van der Waals surface area contributed by atoms with Crippen molar-refractivity contribution in [3.63, 3.8) is 0 Å². The maximum Gasteiger partial charge on any atom is 0.339 e. The van der Waals surface area contributed by atoms with E-state index in [0.29, 0.717) is 17.7 Å². The Bertz CT molecular complexity index is 518. The molecule has 2 heterocycles. The molecule has 112 valence electrons. The summed E-state index contributed by atoms with van der Waals surface area (Å²) in [6.07, 6.45) is -0.00108. The Balaban J connectivity index is 1.67. The highest BCUT2D eigenvalue weighted by Crippen LogP contribution is 2.24. The molecule has 2 fully saturated rings. The maximum absolute atomic E-state index is 12.0. The number of ether oxygens (including phenoxy) is 4. The van der Waals surface area contributed by atoms with Crippen molar-refractivity contribution in [2.45, 2.75) is 12.2 Å². The number of epoxide rings is 2. The normalized spacial score (nSPS) is 22.5. The van der Waals surface area contributed by atoms with Crippen molar-refractivity contribution >= 4 is 27.9 Å². The van der Waals surface area contributed by atoms with Gasteiger partial charge in [-0.15, -0.1) is 0 Å². The van der Waals surface area contributed by atoms with E-state index in [2.05, 4.69) is 15.9 Å². The molecule has 2 atom stereocenters. The molecule has 21 heavy (non-hydrogen) atoms. The van der Waals surface area contributed by atoms with Gasteiger partial charge < -0.3 is 18.9 Å². The number of benzene rings is 1. The molecule has 0 aliphatic carbocycles. The average molecular weight is 357 g/mol. The van der Waals surface area contributed by atoms with Gasteiger partial charge in [0.2, 0.25) is 0 Å². The monoisotopic (exact) mass is 356 g/mol. The fourth-order valence-electron chi connectivity index (χ4n) is 1.67. The molecule has 3 rings (SSSR count). The highest BCUT2D eigenvalue weighted by atomic mass is 79.9. The Morgan fingerprint density at radius 1 is 1.05 bits per heavy atom. The molecule has 2 unspecified atom stereocenters. The SMILES string of the molecule is O=C(OCC1CO1)c1cccc(C(=O)OCC2CO2)c1Br. The Morgan fingerprint density at radius 3 is 1.86 bits per heavy atom. The molecule has 0 N–H and O–H groups in total.